The highest BCUT2D eigenvalue weighted by Crippen LogP contribution is 2.38. The average molecular weight is 411 g/mol. The minimum absolute atomic E-state index is 0.386. The summed E-state index contributed by atoms with van der Waals surface area (Å²) in [7, 11) is 0. The first kappa shape index (κ1) is 16.9. The highest BCUT2D eigenvalue weighted by atomic mass is 79.9. The van der Waals surface area contributed by atoms with E-state index in [1.165, 1.54) is 0 Å². The molecular weight excluding hydrogens is 398 g/mol. The molecular formula is C15H12BrCl3O2. The zero-order chi connectivity index (χ0) is 15.6. The SMILES string of the molecule is CCOc1cc(Cl)c(C(O)c2ccc(Cl)cc2Br)cc1Cl. The summed E-state index contributed by atoms with van der Waals surface area (Å²) in [6.07, 6.45) is -0.919. The molecule has 0 heterocycles. The molecule has 2 nitrogen and oxygen atoms in total. The van der Waals surface area contributed by atoms with Crippen molar-refractivity contribution in [1.82, 2.24) is 0 Å². The summed E-state index contributed by atoms with van der Waals surface area (Å²) in [6, 6.07) is 8.37. The van der Waals surface area contributed by atoms with Crippen LogP contribution in [-0.4, -0.2) is 11.7 Å². The maximum atomic E-state index is 10.5. The van der Waals surface area contributed by atoms with Gasteiger partial charge < -0.3 is 9.84 Å². The molecule has 0 aromatic heterocycles. The van der Waals surface area contributed by atoms with Crippen LogP contribution in [0.1, 0.15) is 24.2 Å². The third-order valence-electron chi connectivity index (χ3n) is 2.90. The summed E-state index contributed by atoms with van der Waals surface area (Å²) in [5.74, 6) is 0.496. The number of aliphatic hydroxyl groups is 1. The molecule has 2 aromatic carbocycles. The fraction of sp³-hybridized carbons (Fsp3) is 0.200. The lowest BCUT2D eigenvalue weighted by Crippen LogP contribution is -2.03. The lowest BCUT2D eigenvalue weighted by Gasteiger charge is -2.17. The number of hydrogen-bond donors (Lipinski definition) is 1. The van der Waals surface area contributed by atoms with E-state index < -0.39 is 6.10 Å². The van der Waals surface area contributed by atoms with E-state index in [4.69, 9.17) is 39.5 Å². The minimum atomic E-state index is -0.919. The van der Waals surface area contributed by atoms with E-state index in [0.29, 0.717) is 43.0 Å². The van der Waals surface area contributed by atoms with E-state index in [9.17, 15) is 5.11 Å². The maximum Gasteiger partial charge on any atom is 0.139 e. The third kappa shape index (κ3) is 3.85. The van der Waals surface area contributed by atoms with Gasteiger partial charge in [0.2, 0.25) is 0 Å². The maximum absolute atomic E-state index is 10.5. The first-order valence-corrected chi connectivity index (χ1v) is 8.11. The summed E-state index contributed by atoms with van der Waals surface area (Å²) in [5, 5.41) is 11.9. The average Bonchev–Trinajstić information content (AvgIpc) is 2.42. The Morgan fingerprint density at radius 1 is 1.10 bits per heavy atom. The van der Waals surface area contributed by atoms with Crippen LogP contribution in [0, 0.1) is 0 Å². The molecule has 2 aromatic rings. The predicted molar refractivity (Wildman–Crippen MR) is 90.8 cm³/mol. The van der Waals surface area contributed by atoms with Crippen LogP contribution < -0.4 is 4.74 Å². The molecule has 0 aliphatic carbocycles. The van der Waals surface area contributed by atoms with Gasteiger partial charge in [-0.1, -0.05) is 56.8 Å². The Balaban J connectivity index is 2.43. The highest BCUT2D eigenvalue weighted by Gasteiger charge is 2.19. The zero-order valence-corrected chi connectivity index (χ0v) is 14.9. The largest absolute Gasteiger partial charge is 0.492 e. The van der Waals surface area contributed by atoms with Gasteiger partial charge >= 0.3 is 0 Å². The van der Waals surface area contributed by atoms with Crippen LogP contribution in [0.4, 0.5) is 0 Å². The number of halogens is 4. The molecule has 0 fully saturated rings. The molecule has 0 aliphatic rings. The first-order chi connectivity index (χ1) is 9.93. The molecule has 6 heteroatoms. The van der Waals surface area contributed by atoms with E-state index in [1.807, 2.05) is 6.92 Å². The molecule has 0 saturated heterocycles. The van der Waals surface area contributed by atoms with Crippen molar-refractivity contribution in [3.63, 3.8) is 0 Å². The molecule has 0 bridgehead atoms. The van der Waals surface area contributed by atoms with Crippen molar-refractivity contribution in [1.29, 1.82) is 0 Å². The van der Waals surface area contributed by atoms with Crippen molar-refractivity contribution in [3.05, 3.63) is 61.0 Å². The quantitative estimate of drug-likeness (QED) is 0.681. The van der Waals surface area contributed by atoms with Crippen molar-refractivity contribution in [2.24, 2.45) is 0 Å². The number of aliphatic hydroxyl groups excluding tert-OH is 1. The van der Waals surface area contributed by atoms with Crippen LogP contribution in [-0.2, 0) is 0 Å². The number of rotatable bonds is 4. The van der Waals surface area contributed by atoms with Gasteiger partial charge in [0.05, 0.1) is 16.7 Å². The van der Waals surface area contributed by atoms with Crippen molar-refractivity contribution in [2.45, 2.75) is 13.0 Å². The second kappa shape index (κ2) is 7.21. The molecule has 1 N–H and O–H groups in total. The standard InChI is InChI=1S/C15H12BrCl3O2/c1-2-21-14-7-12(18)10(6-13(14)19)15(20)9-4-3-8(17)5-11(9)16/h3-7,15,20H,2H2,1H3. The Morgan fingerprint density at radius 2 is 1.81 bits per heavy atom. The van der Waals surface area contributed by atoms with Crippen LogP contribution in [0.15, 0.2) is 34.8 Å². The van der Waals surface area contributed by atoms with E-state index in [0.717, 1.165) is 0 Å². The Kier molecular flexibility index (Phi) is 5.81. The summed E-state index contributed by atoms with van der Waals surface area (Å²) in [4.78, 5) is 0. The summed E-state index contributed by atoms with van der Waals surface area (Å²) < 4.78 is 6.07. The Bertz CT molecular complexity index is 662. The van der Waals surface area contributed by atoms with Crippen LogP contribution in [0.2, 0.25) is 15.1 Å². The van der Waals surface area contributed by atoms with Gasteiger partial charge in [0, 0.05) is 21.1 Å². The van der Waals surface area contributed by atoms with E-state index >= 15 is 0 Å². The lowest BCUT2D eigenvalue weighted by molar-refractivity contribution is 0.219. The van der Waals surface area contributed by atoms with Gasteiger partial charge in [-0.2, -0.15) is 0 Å². The van der Waals surface area contributed by atoms with Crippen LogP contribution in [0.3, 0.4) is 0 Å². The molecule has 112 valence electrons. The lowest BCUT2D eigenvalue weighted by atomic mass is 10.0. The number of ether oxygens (including phenoxy) is 1. The molecule has 0 aliphatic heterocycles. The number of benzene rings is 2. The van der Waals surface area contributed by atoms with E-state index in [1.54, 1.807) is 30.3 Å². The number of hydrogen-bond acceptors (Lipinski definition) is 2. The predicted octanol–water partition coefficient (Wildman–Crippen LogP) is 5.89. The Morgan fingerprint density at radius 3 is 2.43 bits per heavy atom. The van der Waals surface area contributed by atoms with Gasteiger partial charge in [-0.25, -0.2) is 0 Å². The molecule has 1 atom stereocenters. The second-order valence-electron chi connectivity index (χ2n) is 4.31. The highest BCUT2D eigenvalue weighted by molar-refractivity contribution is 9.10. The second-order valence-corrected chi connectivity index (χ2v) is 6.41. The van der Waals surface area contributed by atoms with Gasteiger partial charge in [0.25, 0.3) is 0 Å². The van der Waals surface area contributed by atoms with Crippen molar-refractivity contribution >= 4 is 50.7 Å². The minimum Gasteiger partial charge on any atom is -0.492 e. The summed E-state index contributed by atoms with van der Waals surface area (Å²) in [6.45, 7) is 2.35. The normalized spacial score (nSPS) is 12.3. The summed E-state index contributed by atoms with van der Waals surface area (Å²) >= 11 is 21.7. The van der Waals surface area contributed by atoms with Gasteiger partial charge in [-0.3, -0.25) is 0 Å². The van der Waals surface area contributed by atoms with E-state index in [-0.39, 0.29) is 0 Å². The zero-order valence-electron chi connectivity index (χ0n) is 11.0. The molecule has 0 spiro atoms. The van der Waals surface area contributed by atoms with Gasteiger partial charge in [0.15, 0.2) is 0 Å². The molecule has 2 rings (SSSR count). The smallest absolute Gasteiger partial charge is 0.139 e. The van der Waals surface area contributed by atoms with Crippen LogP contribution >= 0.6 is 50.7 Å². The topological polar surface area (TPSA) is 29.5 Å². The van der Waals surface area contributed by atoms with Gasteiger partial charge in [-0.15, -0.1) is 0 Å². The van der Waals surface area contributed by atoms with Gasteiger partial charge in [0.1, 0.15) is 11.9 Å². The van der Waals surface area contributed by atoms with Crippen molar-refractivity contribution in [2.75, 3.05) is 6.61 Å². The monoisotopic (exact) mass is 408 g/mol. The Hall–Kier alpha value is -0.450. The van der Waals surface area contributed by atoms with Crippen LogP contribution in [0.25, 0.3) is 0 Å². The van der Waals surface area contributed by atoms with Crippen molar-refractivity contribution in [3.8, 4) is 5.75 Å². The molecule has 0 radical (unpaired) electrons. The fourth-order valence-electron chi connectivity index (χ4n) is 1.91. The molecule has 1 unspecified atom stereocenters. The van der Waals surface area contributed by atoms with Crippen molar-refractivity contribution < 1.29 is 9.84 Å². The molecule has 21 heavy (non-hydrogen) atoms. The van der Waals surface area contributed by atoms with Gasteiger partial charge in [-0.05, 0) is 30.7 Å². The summed E-state index contributed by atoms with van der Waals surface area (Å²) in [5.41, 5.74) is 1.16. The molecule has 0 amide bonds. The third-order valence-corrected chi connectivity index (χ3v) is 4.45. The Labute approximate surface area is 146 Å². The fourth-order valence-corrected chi connectivity index (χ4v) is 3.29. The molecule has 0 saturated carbocycles. The first-order valence-electron chi connectivity index (χ1n) is 6.18. The van der Waals surface area contributed by atoms with E-state index in [2.05, 4.69) is 15.9 Å². The van der Waals surface area contributed by atoms with Crippen LogP contribution in [0.5, 0.6) is 5.75 Å².